The van der Waals surface area contributed by atoms with Gasteiger partial charge < -0.3 is 4.98 Å². The molecule has 0 spiro atoms. The highest BCUT2D eigenvalue weighted by molar-refractivity contribution is 7.20. The first-order valence-corrected chi connectivity index (χ1v) is 9.52. The Kier molecular flexibility index (Phi) is 4.14. The summed E-state index contributed by atoms with van der Waals surface area (Å²) in [6.45, 7) is 12.5. The van der Waals surface area contributed by atoms with E-state index >= 15 is 0 Å². The number of H-pyrrole nitrogens is 1. The van der Waals surface area contributed by atoms with Crippen molar-refractivity contribution in [2.75, 3.05) is 0 Å². The lowest BCUT2D eigenvalue weighted by molar-refractivity contribution is 1.41. The van der Waals surface area contributed by atoms with Crippen molar-refractivity contribution >= 4 is 55.6 Å². The molecule has 4 rings (SSSR count). The highest BCUT2D eigenvalue weighted by atomic mass is 32.1. The summed E-state index contributed by atoms with van der Waals surface area (Å²) >= 11 is 1.80. The van der Waals surface area contributed by atoms with Gasteiger partial charge in [-0.3, -0.25) is 0 Å². The summed E-state index contributed by atoms with van der Waals surface area (Å²) in [6, 6.07) is 17.0. The summed E-state index contributed by atoms with van der Waals surface area (Å²) in [5, 5.41) is 2.53. The number of thiophene rings is 1. The predicted molar refractivity (Wildman–Crippen MR) is 118 cm³/mol. The fourth-order valence-electron chi connectivity index (χ4n) is 3.69. The lowest BCUT2D eigenvalue weighted by Gasteiger charge is -2.10. The van der Waals surface area contributed by atoms with E-state index in [9.17, 15) is 0 Å². The molecule has 0 aliphatic rings. The van der Waals surface area contributed by atoms with Crippen molar-refractivity contribution in [3.63, 3.8) is 0 Å². The number of rotatable bonds is 4. The summed E-state index contributed by atoms with van der Waals surface area (Å²) in [7, 11) is 0. The first-order chi connectivity index (χ1) is 12.7. The zero-order valence-electron chi connectivity index (χ0n) is 15.1. The van der Waals surface area contributed by atoms with E-state index in [1.165, 1.54) is 42.6 Å². The topological polar surface area (TPSA) is 15.8 Å². The van der Waals surface area contributed by atoms with Gasteiger partial charge in [-0.25, -0.2) is 0 Å². The number of fused-ring (bicyclic) bond motifs is 2. The van der Waals surface area contributed by atoms with Crippen molar-refractivity contribution in [1.29, 1.82) is 0 Å². The van der Waals surface area contributed by atoms with Gasteiger partial charge in [0.05, 0.1) is 0 Å². The zero-order valence-corrected chi connectivity index (χ0v) is 15.9. The number of para-hydroxylation sites is 1. The van der Waals surface area contributed by atoms with Gasteiger partial charge in [-0.1, -0.05) is 55.6 Å². The summed E-state index contributed by atoms with van der Waals surface area (Å²) in [5.41, 5.74) is 7.29. The van der Waals surface area contributed by atoms with E-state index in [1.807, 2.05) is 12.2 Å². The molecule has 0 amide bonds. The smallest absolute Gasteiger partial charge is 0.0464 e. The largest absolute Gasteiger partial charge is 0.355 e. The molecule has 0 saturated heterocycles. The molecule has 2 aromatic heterocycles. The molecule has 1 N–H and O–H groups in total. The molecule has 0 unspecified atom stereocenters. The lowest BCUT2D eigenvalue weighted by atomic mass is 9.93. The number of aromatic amines is 1. The van der Waals surface area contributed by atoms with Gasteiger partial charge in [0, 0.05) is 42.7 Å². The predicted octanol–water partition coefficient (Wildman–Crippen LogP) is 7.62. The Morgan fingerprint density at radius 2 is 1.50 bits per heavy atom. The van der Waals surface area contributed by atoms with E-state index in [1.54, 1.807) is 11.3 Å². The van der Waals surface area contributed by atoms with Crippen LogP contribution in [0.3, 0.4) is 0 Å². The summed E-state index contributed by atoms with van der Waals surface area (Å²) in [4.78, 5) is 4.72. The van der Waals surface area contributed by atoms with Crippen molar-refractivity contribution < 1.29 is 0 Å². The molecular weight excluding hydrogens is 334 g/mol. The molecule has 0 bridgehead atoms. The molecule has 0 atom stereocenters. The van der Waals surface area contributed by atoms with E-state index < -0.39 is 0 Å². The van der Waals surface area contributed by atoms with Crippen molar-refractivity contribution in [2.24, 2.45) is 0 Å². The molecule has 0 saturated carbocycles. The minimum Gasteiger partial charge on any atom is -0.355 e. The third kappa shape index (κ3) is 2.46. The quantitative estimate of drug-likeness (QED) is 0.387. The number of nitrogens with one attached hydrogen (secondary N) is 1. The second-order valence-electron chi connectivity index (χ2n) is 6.45. The van der Waals surface area contributed by atoms with Gasteiger partial charge in [-0.15, -0.1) is 11.3 Å². The van der Waals surface area contributed by atoms with E-state index in [0.29, 0.717) is 0 Å². The average molecular weight is 356 g/mol. The Morgan fingerprint density at radius 1 is 0.846 bits per heavy atom. The van der Waals surface area contributed by atoms with Crippen LogP contribution in [-0.4, -0.2) is 4.98 Å². The molecule has 2 aromatic carbocycles. The SMILES string of the molecule is C=Cc1[nH]c2ccccc2c1/C(C)=C(\C)c1c(C=C)sc2ccccc12. The maximum absolute atomic E-state index is 4.04. The van der Waals surface area contributed by atoms with E-state index in [4.69, 9.17) is 0 Å². The number of allylic oxidation sites excluding steroid dienone is 2. The van der Waals surface area contributed by atoms with Crippen LogP contribution in [0.5, 0.6) is 0 Å². The Labute approximate surface area is 158 Å². The van der Waals surface area contributed by atoms with Gasteiger partial charge in [0.1, 0.15) is 0 Å². The highest BCUT2D eigenvalue weighted by Gasteiger charge is 2.17. The van der Waals surface area contributed by atoms with Crippen LogP contribution < -0.4 is 0 Å². The van der Waals surface area contributed by atoms with Crippen molar-refractivity contribution in [3.8, 4) is 0 Å². The summed E-state index contributed by atoms with van der Waals surface area (Å²) < 4.78 is 1.30. The van der Waals surface area contributed by atoms with E-state index in [-0.39, 0.29) is 0 Å². The first-order valence-electron chi connectivity index (χ1n) is 8.71. The zero-order chi connectivity index (χ0) is 18.3. The van der Waals surface area contributed by atoms with Crippen molar-refractivity contribution in [1.82, 2.24) is 4.98 Å². The summed E-state index contributed by atoms with van der Waals surface area (Å²) in [5.74, 6) is 0. The summed E-state index contributed by atoms with van der Waals surface area (Å²) in [6.07, 6.45) is 3.88. The maximum atomic E-state index is 4.04. The van der Waals surface area contributed by atoms with Crippen LogP contribution in [0, 0.1) is 0 Å². The van der Waals surface area contributed by atoms with Crippen LogP contribution in [0.25, 0.3) is 44.3 Å². The second-order valence-corrected chi connectivity index (χ2v) is 7.54. The molecule has 0 fully saturated rings. The molecule has 2 heteroatoms. The Hall–Kier alpha value is -2.84. The molecular formula is C24H21NS. The third-order valence-electron chi connectivity index (χ3n) is 5.06. The minimum atomic E-state index is 1.07. The second kappa shape index (κ2) is 6.47. The fraction of sp³-hybridized carbons (Fsp3) is 0.0833. The highest BCUT2D eigenvalue weighted by Crippen LogP contribution is 2.41. The molecule has 4 aromatic rings. The van der Waals surface area contributed by atoms with E-state index in [0.717, 1.165) is 11.2 Å². The molecule has 128 valence electrons. The van der Waals surface area contributed by atoms with Crippen LogP contribution in [0.4, 0.5) is 0 Å². The normalized spacial score (nSPS) is 12.4. The standard InChI is InChI=1S/C24H21NS/c1-5-19-23(17-11-7-9-13-20(17)25-19)15(3)16(4)24-18-12-8-10-14-22(18)26-21(24)6-2/h5-14,25H,1-2H2,3-4H3/b16-15+. The molecule has 0 aliphatic carbocycles. The first kappa shape index (κ1) is 16.6. The van der Waals surface area contributed by atoms with Gasteiger partial charge in [0.25, 0.3) is 0 Å². The van der Waals surface area contributed by atoms with Gasteiger partial charge in [0.2, 0.25) is 0 Å². The van der Waals surface area contributed by atoms with Crippen molar-refractivity contribution in [2.45, 2.75) is 13.8 Å². The van der Waals surface area contributed by atoms with Crippen molar-refractivity contribution in [3.05, 3.63) is 83.4 Å². The fourth-order valence-corrected chi connectivity index (χ4v) is 4.80. The number of hydrogen-bond acceptors (Lipinski definition) is 1. The van der Waals surface area contributed by atoms with Crippen LogP contribution >= 0.6 is 11.3 Å². The number of hydrogen-bond donors (Lipinski definition) is 1. The average Bonchev–Trinajstić information content (AvgIpc) is 3.24. The lowest BCUT2D eigenvalue weighted by Crippen LogP contribution is -1.89. The molecule has 2 heterocycles. The monoisotopic (exact) mass is 355 g/mol. The Bertz CT molecular complexity index is 1090. The van der Waals surface area contributed by atoms with E-state index in [2.05, 4.69) is 80.5 Å². The van der Waals surface area contributed by atoms with Gasteiger partial charge >= 0.3 is 0 Å². The minimum absolute atomic E-state index is 1.07. The van der Waals surface area contributed by atoms with Gasteiger partial charge in [0.15, 0.2) is 0 Å². The number of benzene rings is 2. The molecule has 0 radical (unpaired) electrons. The molecule has 0 aliphatic heterocycles. The van der Waals surface area contributed by atoms with Crippen LogP contribution in [0.2, 0.25) is 0 Å². The van der Waals surface area contributed by atoms with Gasteiger partial charge in [-0.2, -0.15) is 0 Å². The van der Waals surface area contributed by atoms with Crippen LogP contribution in [-0.2, 0) is 0 Å². The van der Waals surface area contributed by atoms with Crippen LogP contribution in [0.1, 0.15) is 35.5 Å². The third-order valence-corrected chi connectivity index (χ3v) is 6.23. The molecule has 26 heavy (non-hydrogen) atoms. The number of aromatic nitrogens is 1. The Balaban J connectivity index is 2.04. The van der Waals surface area contributed by atoms with Crippen LogP contribution in [0.15, 0.2) is 61.7 Å². The van der Waals surface area contributed by atoms with Gasteiger partial charge in [-0.05, 0) is 43.2 Å². The Morgan fingerprint density at radius 3 is 2.23 bits per heavy atom. The maximum Gasteiger partial charge on any atom is 0.0464 e. The molecule has 1 nitrogen and oxygen atoms in total.